The summed E-state index contributed by atoms with van der Waals surface area (Å²) in [5.41, 5.74) is 4.95. The Morgan fingerprint density at radius 1 is 0.878 bits per heavy atom. The number of aromatic nitrogens is 2. The summed E-state index contributed by atoms with van der Waals surface area (Å²) in [5, 5.41) is 10.7. The minimum absolute atomic E-state index is 0.0186. The maximum atomic E-state index is 13.0. The molecular formula is C39H44N6O4. The molecule has 4 amide bonds. The number of hydrogen-bond donors (Lipinski definition) is 2. The monoisotopic (exact) mass is 660 g/mol. The van der Waals surface area contributed by atoms with Crippen molar-refractivity contribution in [1.29, 1.82) is 0 Å². The van der Waals surface area contributed by atoms with E-state index in [1.807, 2.05) is 67.6 Å². The molecule has 49 heavy (non-hydrogen) atoms. The van der Waals surface area contributed by atoms with E-state index in [0.29, 0.717) is 36.1 Å². The lowest BCUT2D eigenvalue weighted by molar-refractivity contribution is -0.111. The first-order chi connectivity index (χ1) is 23.4. The van der Waals surface area contributed by atoms with Crippen LogP contribution in [0.1, 0.15) is 74.1 Å². The van der Waals surface area contributed by atoms with Gasteiger partial charge in [0.25, 0.3) is 0 Å². The Bertz CT molecular complexity index is 1830. The van der Waals surface area contributed by atoms with E-state index in [-0.39, 0.29) is 35.1 Å². The minimum atomic E-state index is -0.477. The number of ketones is 2. The number of anilines is 2. The number of nitrogens with zero attached hydrogens (tertiary/aromatic N) is 4. The fraction of sp³-hybridized carbons (Fsp3) is 0.333. The second-order valence-corrected chi connectivity index (χ2v) is 13.7. The van der Waals surface area contributed by atoms with Gasteiger partial charge in [-0.1, -0.05) is 80.9 Å². The van der Waals surface area contributed by atoms with Crippen molar-refractivity contribution in [3.05, 3.63) is 107 Å². The molecule has 1 aliphatic rings. The van der Waals surface area contributed by atoms with E-state index in [9.17, 15) is 19.2 Å². The Labute approximate surface area is 287 Å². The number of Topliss-reactive ketones (excluding diaryl/α,β-unsaturated/α-hetero) is 2. The summed E-state index contributed by atoms with van der Waals surface area (Å²) in [6.45, 7) is 10.7. The third-order valence-corrected chi connectivity index (χ3v) is 8.68. The SMILES string of the molecule is CC(=O)C(CC(=O)c1ccccc1)=NC(=O)N1CCC(Cc2ccc(NC(=O)Nc3cc(C(C)(C)C)nn3-c3ccc(C)cc3)cc2)CC1. The number of amides is 4. The molecule has 2 N–H and O–H groups in total. The summed E-state index contributed by atoms with van der Waals surface area (Å²) >= 11 is 0. The fourth-order valence-electron chi connectivity index (χ4n) is 5.69. The molecule has 1 aromatic heterocycles. The molecule has 5 rings (SSSR count). The molecular weight excluding hydrogens is 616 g/mol. The lowest BCUT2D eigenvalue weighted by Gasteiger charge is -2.31. The van der Waals surface area contributed by atoms with Crippen molar-refractivity contribution < 1.29 is 19.2 Å². The van der Waals surface area contributed by atoms with Crippen molar-refractivity contribution in [3.63, 3.8) is 0 Å². The average molecular weight is 661 g/mol. The van der Waals surface area contributed by atoms with Crippen LogP contribution in [0.3, 0.4) is 0 Å². The number of aryl methyl sites for hydroxylation is 1. The van der Waals surface area contributed by atoms with Gasteiger partial charge in [0, 0.05) is 42.7 Å². The molecule has 0 bridgehead atoms. The normalized spacial score (nSPS) is 14.0. The van der Waals surface area contributed by atoms with Crippen LogP contribution in [0, 0.1) is 12.8 Å². The molecule has 0 saturated carbocycles. The topological polar surface area (TPSA) is 126 Å². The summed E-state index contributed by atoms with van der Waals surface area (Å²) in [5.74, 6) is 0.326. The quantitative estimate of drug-likeness (QED) is 0.140. The van der Waals surface area contributed by atoms with Crippen LogP contribution in [-0.4, -0.2) is 57.1 Å². The van der Waals surface area contributed by atoms with E-state index in [4.69, 9.17) is 5.10 Å². The van der Waals surface area contributed by atoms with Crippen LogP contribution in [0.25, 0.3) is 5.69 Å². The molecule has 1 aliphatic heterocycles. The van der Waals surface area contributed by atoms with Gasteiger partial charge in [0.05, 0.1) is 23.5 Å². The minimum Gasteiger partial charge on any atom is -0.323 e. The Morgan fingerprint density at radius 2 is 1.53 bits per heavy atom. The van der Waals surface area contributed by atoms with Crippen LogP contribution in [0.4, 0.5) is 21.1 Å². The number of rotatable bonds is 9. The molecule has 1 saturated heterocycles. The molecule has 10 heteroatoms. The first-order valence-electron chi connectivity index (χ1n) is 16.7. The Balaban J connectivity index is 1.13. The highest BCUT2D eigenvalue weighted by atomic mass is 16.2. The maximum absolute atomic E-state index is 13.0. The number of nitrogens with one attached hydrogen (secondary N) is 2. The molecule has 0 unspecified atom stereocenters. The smallest absolute Gasteiger partial charge is 0.323 e. The van der Waals surface area contributed by atoms with Crippen LogP contribution < -0.4 is 10.6 Å². The van der Waals surface area contributed by atoms with Gasteiger partial charge in [-0.25, -0.2) is 14.3 Å². The summed E-state index contributed by atoms with van der Waals surface area (Å²) < 4.78 is 1.75. The molecule has 0 aliphatic carbocycles. The van der Waals surface area contributed by atoms with Crippen LogP contribution in [0.5, 0.6) is 0 Å². The van der Waals surface area contributed by atoms with Gasteiger partial charge >= 0.3 is 12.1 Å². The third-order valence-electron chi connectivity index (χ3n) is 8.68. The van der Waals surface area contributed by atoms with E-state index in [1.165, 1.54) is 6.92 Å². The van der Waals surface area contributed by atoms with Gasteiger partial charge in [0.1, 0.15) is 5.82 Å². The number of hydrogen-bond acceptors (Lipinski definition) is 5. The second kappa shape index (κ2) is 15.2. The molecule has 2 heterocycles. The van der Waals surface area contributed by atoms with Gasteiger partial charge in [-0.2, -0.15) is 10.1 Å². The van der Waals surface area contributed by atoms with E-state index in [0.717, 1.165) is 41.8 Å². The van der Waals surface area contributed by atoms with E-state index in [2.05, 4.69) is 36.4 Å². The van der Waals surface area contributed by atoms with Crippen molar-refractivity contribution in [2.45, 2.75) is 65.7 Å². The molecule has 4 aromatic rings. The van der Waals surface area contributed by atoms with E-state index < -0.39 is 6.03 Å². The zero-order valence-electron chi connectivity index (χ0n) is 28.8. The van der Waals surface area contributed by atoms with Crippen molar-refractivity contribution in [2.75, 3.05) is 23.7 Å². The lowest BCUT2D eigenvalue weighted by atomic mass is 9.90. The van der Waals surface area contributed by atoms with Gasteiger partial charge in [-0.15, -0.1) is 0 Å². The number of benzene rings is 3. The van der Waals surface area contributed by atoms with Crippen LogP contribution >= 0.6 is 0 Å². The Hall–Kier alpha value is -5.38. The lowest BCUT2D eigenvalue weighted by Crippen LogP contribution is -2.38. The van der Waals surface area contributed by atoms with Gasteiger partial charge in [0.2, 0.25) is 0 Å². The van der Waals surface area contributed by atoms with Gasteiger partial charge in [-0.05, 0) is 61.9 Å². The first-order valence-corrected chi connectivity index (χ1v) is 16.7. The zero-order chi connectivity index (χ0) is 35.1. The van der Waals surface area contributed by atoms with Crippen molar-refractivity contribution in [1.82, 2.24) is 14.7 Å². The van der Waals surface area contributed by atoms with E-state index in [1.54, 1.807) is 33.8 Å². The molecule has 10 nitrogen and oxygen atoms in total. The van der Waals surface area contributed by atoms with E-state index >= 15 is 0 Å². The zero-order valence-corrected chi connectivity index (χ0v) is 28.8. The molecule has 0 atom stereocenters. The average Bonchev–Trinajstić information content (AvgIpc) is 3.50. The predicted octanol–water partition coefficient (Wildman–Crippen LogP) is 7.80. The molecule has 0 radical (unpaired) electrons. The fourth-order valence-corrected chi connectivity index (χ4v) is 5.69. The third kappa shape index (κ3) is 9.37. The summed E-state index contributed by atoms with van der Waals surface area (Å²) in [6, 6.07) is 25.5. The summed E-state index contributed by atoms with van der Waals surface area (Å²) in [4.78, 5) is 56.4. The molecule has 254 valence electrons. The Kier molecular flexibility index (Phi) is 10.9. The predicted molar refractivity (Wildman–Crippen MR) is 193 cm³/mol. The number of urea groups is 2. The molecule has 0 spiro atoms. The number of carbonyl (C=O) groups excluding carboxylic acids is 4. The summed E-state index contributed by atoms with van der Waals surface area (Å²) in [6.07, 6.45) is 2.23. The van der Waals surface area contributed by atoms with Crippen LogP contribution in [-0.2, 0) is 16.6 Å². The highest BCUT2D eigenvalue weighted by Gasteiger charge is 2.25. The number of carbonyl (C=O) groups is 4. The number of likely N-dealkylation sites (tertiary alicyclic amines) is 1. The van der Waals surface area contributed by atoms with Crippen LogP contribution in [0.15, 0.2) is 89.9 Å². The van der Waals surface area contributed by atoms with Crippen molar-refractivity contribution >= 4 is 40.8 Å². The maximum Gasteiger partial charge on any atom is 0.343 e. The van der Waals surface area contributed by atoms with Crippen molar-refractivity contribution in [3.8, 4) is 5.69 Å². The number of piperidine rings is 1. The Morgan fingerprint density at radius 3 is 2.14 bits per heavy atom. The van der Waals surface area contributed by atoms with Crippen LogP contribution in [0.2, 0.25) is 0 Å². The molecule has 3 aromatic carbocycles. The van der Waals surface area contributed by atoms with Gasteiger partial charge < -0.3 is 10.2 Å². The largest absolute Gasteiger partial charge is 0.343 e. The second-order valence-electron chi connectivity index (χ2n) is 13.7. The van der Waals surface area contributed by atoms with Crippen molar-refractivity contribution in [2.24, 2.45) is 10.9 Å². The molecule has 1 fully saturated rings. The number of aliphatic imine (C=N–C) groups is 1. The highest BCUT2D eigenvalue weighted by molar-refractivity contribution is 6.44. The van der Waals surface area contributed by atoms with Gasteiger partial charge in [-0.3, -0.25) is 14.9 Å². The summed E-state index contributed by atoms with van der Waals surface area (Å²) in [7, 11) is 0. The standard InChI is InChI=1S/C39H44N6O4/c1-26-11-17-32(18-12-26)45-36(25-35(43-45)39(3,4)5)42-37(48)40-31-15-13-28(14-16-31)23-29-19-21-44(22-20-29)38(49)41-33(27(2)46)24-34(47)30-9-7-6-8-10-30/h6-18,25,29H,19-24H2,1-5H3,(H2,40,42,48). The highest BCUT2D eigenvalue weighted by Crippen LogP contribution is 2.27. The first kappa shape index (κ1) is 34.9. The van der Waals surface area contributed by atoms with Gasteiger partial charge in [0.15, 0.2) is 11.6 Å².